The third-order valence-electron chi connectivity index (χ3n) is 2.63. The highest BCUT2D eigenvalue weighted by atomic mass is 16.2. The second kappa shape index (κ2) is 6.17. The average molecular weight is 262 g/mol. The van der Waals surface area contributed by atoms with Gasteiger partial charge in [-0.05, 0) is 17.7 Å². The first-order valence-electron chi connectivity index (χ1n) is 5.99. The van der Waals surface area contributed by atoms with Crippen molar-refractivity contribution in [3.63, 3.8) is 0 Å². The van der Waals surface area contributed by atoms with Crippen LogP contribution in [-0.4, -0.2) is 39.1 Å². The Balaban J connectivity index is 1.86. The van der Waals surface area contributed by atoms with Gasteiger partial charge in [0.25, 0.3) is 0 Å². The minimum Gasteiger partial charge on any atom is -0.378 e. The summed E-state index contributed by atoms with van der Waals surface area (Å²) in [4.78, 5) is 13.1. The maximum atomic E-state index is 11.1. The zero-order valence-corrected chi connectivity index (χ0v) is 11.0. The largest absolute Gasteiger partial charge is 0.378 e. The number of carbonyl (C=O) groups is 1. The van der Waals surface area contributed by atoms with Gasteiger partial charge in [-0.1, -0.05) is 12.1 Å². The van der Waals surface area contributed by atoms with Crippen LogP contribution in [0.1, 0.15) is 5.56 Å². The van der Waals surface area contributed by atoms with E-state index in [1.54, 1.807) is 6.21 Å². The fourth-order valence-corrected chi connectivity index (χ4v) is 1.59. The van der Waals surface area contributed by atoms with E-state index in [2.05, 4.69) is 26.7 Å². The number of nitrogens with zero attached hydrogens (tertiary/aromatic N) is 2. The fraction of sp³-hybridized carbons (Fsp3) is 0.333. The van der Waals surface area contributed by atoms with Gasteiger partial charge in [0.15, 0.2) is 6.29 Å². The summed E-state index contributed by atoms with van der Waals surface area (Å²) >= 11 is 0. The molecular formula is C12H18N6O. The molecule has 0 spiro atoms. The van der Waals surface area contributed by atoms with Gasteiger partial charge in [0.1, 0.15) is 0 Å². The van der Waals surface area contributed by atoms with Crippen LogP contribution in [0.2, 0.25) is 0 Å². The molecule has 1 aromatic carbocycles. The summed E-state index contributed by atoms with van der Waals surface area (Å²) in [5.74, 6) is -0.0817. The molecule has 19 heavy (non-hydrogen) atoms. The molecule has 1 atom stereocenters. The molecule has 1 fully saturated rings. The molecule has 102 valence electrons. The molecule has 1 aliphatic rings. The molecule has 1 unspecified atom stereocenters. The Morgan fingerprint density at radius 3 is 2.74 bits per heavy atom. The van der Waals surface area contributed by atoms with Crippen molar-refractivity contribution in [2.24, 2.45) is 5.10 Å². The van der Waals surface area contributed by atoms with E-state index in [9.17, 15) is 4.79 Å². The van der Waals surface area contributed by atoms with Crippen LogP contribution in [-0.2, 0) is 4.79 Å². The Bertz CT molecular complexity index is 456. The van der Waals surface area contributed by atoms with Crippen molar-refractivity contribution in [1.82, 2.24) is 21.6 Å². The number of hydrazone groups is 1. The molecule has 7 heteroatoms. The maximum Gasteiger partial charge on any atom is 0.238 e. The van der Waals surface area contributed by atoms with Crippen molar-refractivity contribution in [3.8, 4) is 0 Å². The van der Waals surface area contributed by atoms with Gasteiger partial charge in [-0.2, -0.15) is 5.10 Å². The van der Waals surface area contributed by atoms with Gasteiger partial charge in [-0.25, -0.2) is 10.9 Å². The zero-order valence-electron chi connectivity index (χ0n) is 11.0. The van der Waals surface area contributed by atoms with Crippen LogP contribution in [0, 0.1) is 0 Å². The van der Waals surface area contributed by atoms with Gasteiger partial charge in [0.2, 0.25) is 5.91 Å². The standard InChI is InChI=1S/C12H18N6O/c1-18(2)10-5-3-9(4-6-10)7-13-16-12-15-11(19)8-14-17-12/h3-7,12,14,16-17H,8H2,1-2H3,(H,15,19)/b13-7+. The van der Waals surface area contributed by atoms with Gasteiger partial charge in [-0.3, -0.25) is 10.2 Å². The average Bonchev–Trinajstić information content (AvgIpc) is 2.39. The van der Waals surface area contributed by atoms with Crippen LogP contribution in [0.5, 0.6) is 0 Å². The summed E-state index contributed by atoms with van der Waals surface area (Å²) in [5, 5.41) is 6.75. The monoisotopic (exact) mass is 262 g/mol. The normalized spacial score (nSPS) is 19.3. The molecule has 1 aromatic rings. The number of hydrogen-bond acceptors (Lipinski definition) is 6. The highest BCUT2D eigenvalue weighted by Gasteiger charge is 2.14. The van der Waals surface area contributed by atoms with Gasteiger partial charge >= 0.3 is 0 Å². The second-order valence-electron chi connectivity index (χ2n) is 4.37. The Hall–Kier alpha value is -2.12. The summed E-state index contributed by atoms with van der Waals surface area (Å²) in [5.41, 5.74) is 10.5. The predicted octanol–water partition coefficient (Wildman–Crippen LogP) is -0.816. The number of carbonyl (C=O) groups excluding carboxylic acids is 1. The van der Waals surface area contributed by atoms with Crippen molar-refractivity contribution in [2.45, 2.75) is 6.29 Å². The highest BCUT2D eigenvalue weighted by molar-refractivity contribution is 5.80. The van der Waals surface area contributed by atoms with Gasteiger partial charge < -0.3 is 10.2 Å². The highest BCUT2D eigenvalue weighted by Crippen LogP contribution is 2.10. The van der Waals surface area contributed by atoms with Crippen LogP contribution in [0.3, 0.4) is 0 Å². The summed E-state index contributed by atoms with van der Waals surface area (Å²) in [6, 6.07) is 7.99. The molecule has 7 nitrogen and oxygen atoms in total. The van der Waals surface area contributed by atoms with E-state index in [4.69, 9.17) is 0 Å². The molecule has 0 aromatic heterocycles. The first kappa shape index (κ1) is 13.3. The number of hydrogen-bond donors (Lipinski definition) is 4. The summed E-state index contributed by atoms with van der Waals surface area (Å²) in [6.07, 6.45) is 1.29. The lowest BCUT2D eigenvalue weighted by Gasteiger charge is -2.24. The summed E-state index contributed by atoms with van der Waals surface area (Å²) in [6.45, 7) is 0.258. The predicted molar refractivity (Wildman–Crippen MR) is 74.6 cm³/mol. The van der Waals surface area contributed by atoms with Crippen LogP contribution in [0.15, 0.2) is 29.4 Å². The van der Waals surface area contributed by atoms with E-state index < -0.39 is 6.29 Å². The molecule has 0 saturated carbocycles. The minimum atomic E-state index is -0.404. The topological polar surface area (TPSA) is 80.8 Å². The summed E-state index contributed by atoms with van der Waals surface area (Å²) < 4.78 is 0. The third kappa shape index (κ3) is 3.94. The zero-order chi connectivity index (χ0) is 13.7. The molecule has 4 N–H and O–H groups in total. The Morgan fingerprint density at radius 2 is 2.11 bits per heavy atom. The van der Waals surface area contributed by atoms with Crippen LogP contribution in [0.25, 0.3) is 0 Å². The van der Waals surface area contributed by atoms with Crippen LogP contribution < -0.4 is 26.5 Å². The van der Waals surface area contributed by atoms with Gasteiger partial charge in [0, 0.05) is 19.8 Å². The number of amides is 1. The number of hydrazine groups is 1. The van der Waals surface area contributed by atoms with E-state index in [1.165, 1.54) is 0 Å². The first-order chi connectivity index (χ1) is 9.15. The van der Waals surface area contributed by atoms with Crippen molar-refractivity contribution >= 4 is 17.8 Å². The smallest absolute Gasteiger partial charge is 0.238 e. The quantitative estimate of drug-likeness (QED) is 0.421. The molecule has 1 aliphatic heterocycles. The second-order valence-corrected chi connectivity index (χ2v) is 4.37. The van der Waals surface area contributed by atoms with E-state index in [-0.39, 0.29) is 12.5 Å². The minimum absolute atomic E-state index is 0.0817. The Morgan fingerprint density at radius 1 is 1.37 bits per heavy atom. The molecule has 1 amide bonds. The van der Waals surface area contributed by atoms with Crippen LogP contribution >= 0.6 is 0 Å². The van der Waals surface area contributed by atoms with E-state index >= 15 is 0 Å². The lowest BCUT2D eigenvalue weighted by molar-refractivity contribution is -0.123. The maximum absolute atomic E-state index is 11.1. The molecule has 0 radical (unpaired) electrons. The Kier molecular flexibility index (Phi) is 4.32. The molecular weight excluding hydrogens is 244 g/mol. The third-order valence-corrected chi connectivity index (χ3v) is 2.63. The Labute approximate surface area is 112 Å². The SMILES string of the molecule is CN(C)c1ccc(/C=N/NC2NNCC(=O)N2)cc1. The van der Waals surface area contributed by atoms with Crippen molar-refractivity contribution < 1.29 is 4.79 Å². The van der Waals surface area contributed by atoms with Gasteiger partial charge in [-0.15, -0.1) is 0 Å². The number of benzene rings is 1. The molecule has 0 bridgehead atoms. The fourth-order valence-electron chi connectivity index (χ4n) is 1.59. The lowest BCUT2D eigenvalue weighted by atomic mass is 10.2. The van der Waals surface area contributed by atoms with E-state index in [0.29, 0.717) is 0 Å². The van der Waals surface area contributed by atoms with Gasteiger partial charge in [0.05, 0.1) is 12.8 Å². The van der Waals surface area contributed by atoms with Crippen molar-refractivity contribution in [1.29, 1.82) is 0 Å². The van der Waals surface area contributed by atoms with Crippen LogP contribution in [0.4, 0.5) is 5.69 Å². The molecule has 1 saturated heterocycles. The summed E-state index contributed by atoms with van der Waals surface area (Å²) in [7, 11) is 3.99. The number of nitrogens with one attached hydrogen (secondary N) is 4. The van der Waals surface area contributed by atoms with Crippen molar-refractivity contribution in [2.75, 3.05) is 25.5 Å². The van der Waals surface area contributed by atoms with Crippen molar-refractivity contribution in [3.05, 3.63) is 29.8 Å². The molecule has 0 aliphatic carbocycles. The molecule has 2 rings (SSSR count). The number of rotatable bonds is 4. The first-order valence-corrected chi connectivity index (χ1v) is 5.99. The van der Waals surface area contributed by atoms with E-state index in [1.807, 2.05) is 43.3 Å². The molecule has 1 heterocycles. The number of anilines is 1. The lowest BCUT2D eigenvalue weighted by Crippen LogP contribution is -2.64. The van der Waals surface area contributed by atoms with E-state index in [0.717, 1.165) is 11.3 Å².